The van der Waals surface area contributed by atoms with Crippen LogP contribution in [0.3, 0.4) is 0 Å². The van der Waals surface area contributed by atoms with Crippen molar-refractivity contribution in [3.05, 3.63) is 89.4 Å². The van der Waals surface area contributed by atoms with E-state index in [0.29, 0.717) is 29.1 Å². The maximum Gasteiger partial charge on any atom is 0.255 e. The van der Waals surface area contributed by atoms with Gasteiger partial charge in [-0.15, -0.1) is 11.8 Å². The number of rotatable bonds is 7. The van der Waals surface area contributed by atoms with Crippen LogP contribution in [0.5, 0.6) is 0 Å². The molecule has 0 aliphatic carbocycles. The number of hydrogen-bond acceptors (Lipinski definition) is 5. The van der Waals surface area contributed by atoms with E-state index < -0.39 is 0 Å². The van der Waals surface area contributed by atoms with Gasteiger partial charge in [-0.3, -0.25) is 14.4 Å². The van der Waals surface area contributed by atoms with E-state index in [-0.39, 0.29) is 29.1 Å². The van der Waals surface area contributed by atoms with Crippen LogP contribution in [0.2, 0.25) is 0 Å². The van der Waals surface area contributed by atoms with Gasteiger partial charge in [-0.2, -0.15) is 0 Å². The molecule has 0 bridgehead atoms. The molecular formula is C25H25N3O4S. The number of hydrogen-bond donors (Lipinski definition) is 2. The third-order valence-electron chi connectivity index (χ3n) is 5.17. The lowest BCUT2D eigenvalue weighted by molar-refractivity contribution is -0.128. The van der Waals surface area contributed by atoms with E-state index in [2.05, 4.69) is 10.6 Å². The molecule has 2 aromatic carbocycles. The predicted octanol–water partition coefficient (Wildman–Crippen LogP) is 4.44. The lowest BCUT2D eigenvalue weighted by Crippen LogP contribution is -2.31. The van der Waals surface area contributed by atoms with Gasteiger partial charge in [0.05, 0.1) is 29.8 Å². The molecule has 33 heavy (non-hydrogen) atoms. The number of nitrogens with zero attached hydrogens (tertiary/aromatic N) is 1. The van der Waals surface area contributed by atoms with Gasteiger partial charge >= 0.3 is 0 Å². The Bertz CT molecular complexity index is 1140. The molecule has 170 valence electrons. The smallest absolute Gasteiger partial charge is 0.255 e. The molecule has 4 rings (SSSR count). The number of anilines is 1. The van der Waals surface area contributed by atoms with E-state index >= 15 is 0 Å². The lowest BCUT2D eigenvalue weighted by atomic mass is 10.1. The zero-order valence-electron chi connectivity index (χ0n) is 18.4. The standard InChI is InChI=1S/C25H25N3O4S/c1-16(2)26-24(31)20-7-3-4-8-21(20)27-23(30)17-9-11-18(12-10-17)25-28(22(29)15-33-25)14-19-6-5-13-32-19/h3-13,16,25H,14-15H2,1-2H3,(H,26,31)(H,27,30)/t25-/m0/s1. The summed E-state index contributed by atoms with van der Waals surface area (Å²) in [7, 11) is 0. The highest BCUT2D eigenvalue weighted by Gasteiger charge is 2.33. The van der Waals surface area contributed by atoms with Crippen molar-refractivity contribution in [2.45, 2.75) is 31.8 Å². The number of benzene rings is 2. The molecule has 1 atom stereocenters. The predicted molar refractivity (Wildman–Crippen MR) is 128 cm³/mol. The normalized spacial score (nSPS) is 15.7. The van der Waals surface area contributed by atoms with Crippen molar-refractivity contribution in [2.24, 2.45) is 0 Å². The second kappa shape index (κ2) is 9.95. The van der Waals surface area contributed by atoms with Gasteiger partial charge in [0.15, 0.2) is 0 Å². The zero-order chi connectivity index (χ0) is 23.4. The minimum atomic E-state index is -0.311. The second-order valence-corrected chi connectivity index (χ2v) is 9.08. The SMILES string of the molecule is CC(C)NC(=O)c1ccccc1NC(=O)c1ccc([C@@H]2SCC(=O)N2Cc2ccco2)cc1. The third kappa shape index (κ3) is 5.28. The van der Waals surface area contributed by atoms with Crippen molar-refractivity contribution < 1.29 is 18.8 Å². The highest BCUT2D eigenvalue weighted by atomic mass is 32.2. The molecule has 0 radical (unpaired) electrons. The molecule has 0 saturated carbocycles. The summed E-state index contributed by atoms with van der Waals surface area (Å²) in [5, 5.41) is 5.54. The molecule has 1 aliphatic rings. The van der Waals surface area contributed by atoms with Gasteiger partial charge in [0.25, 0.3) is 11.8 Å². The van der Waals surface area contributed by atoms with Crippen LogP contribution >= 0.6 is 11.8 Å². The number of nitrogens with one attached hydrogen (secondary N) is 2. The van der Waals surface area contributed by atoms with Crippen LogP contribution in [0, 0.1) is 0 Å². The molecule has 2 N–H and O–H groups in total. The molecule has 1 fully saturated rings. The van der Waals surface area contributed by atoms with Gasteiger partial charge in [0.2, 0.25) is 5.91 Å². The average Bonchev–Trinajstić information content (AvgIpc) is 3.44. The van der Waals surface area contributed by atoms with E-state index in [1.807, 2.05) is 32.0 Å². The summed E-state index contributed by atoms with van der Waals surface area (Å²) >= 11 is 1.55. The van der Waals surface area contributed by atoms with Crippen LogP contribution in [0.15, 0.2) is 71.3 Å². The molecule has 0 unspecified atom stereocenters. The fraction of sp³-hybridized carbons (Fsp3) is 0.240. The minimum absolute atomic E-state index is 0.0125. The molecule has 1 aromatic heterocycles. The maximum atomic E-state index is 12.8. The van der Waals surface area contributed by atoms with Crippen molar-refractivity contribution in [2.75, 3.05) is 11.1 Å². The van der Waals surface area contributed by atoms with Crippen LogP contribution in [0.1, 0.15) is 51.3 Å². The van der Waals surface area contributed by atoms with Gasteiger partial charge in [0.1, 0.15) is 11.1 Å². The molecule has 7 nitrogen and oxygen atoms in total. The summed E-state index contributed by atoms with van der Waals surface area (Å²) in [6.07, 6.45) is 1.59. The Labute approximate surface area is 196 Å². The molecule has 3 aromatic rings. The van der Waals surface area contributed by atoms with Crippen LogP contribution < -0.4 is 10.6 Å². The first-order valence-electron chi connectivity index (χ1n) is 10.7. The summed E-state index contributed by atoms with van der Waals surface area (Å²) in [5.74, 6) is 0.638. The number of para-hydroxylation sites is 1. The zero-order valence-corrected chi connectivity index (χ0v) is 19.2. The summed E-state index contributed by atoms with van der Waals surface area (Å²) in [6, 6.07) is 17.7. The topological polar surface area (TPSA) is 91.7 Å². The second-order valence-electron chi connectivity index (χ2n) is 8.01. The fourth-order valence-corrected chi connectivity index (χ4v) is 4.78. The summed E-state index contributed by atoms with van der Waals surface area (Å²) < 4.78 is 5.40. The van der Waals surface area contributed by atoms with Crippen LogP contribution in [-0.2, 0) is 11.3 Å². The lowest BCUT2D eigenvalue weighted by Gasteiger charge is -2.23. The molecule has 2 heterocycles. The maximum absolute atomic E-state index is 12.8. The van der Waals surface area contributed by atoms with Crippen LogP contribution in [0.4, 0.5) is 5.69 Å². The average molecular weight is 464 g/mol. The monoisotopic (exact) mass is 463 g/mol. The Morgan fingerprint density at radius 2 is 1.82 bits per heavy atom. The van der Waals surface area contributed by atoms with E-state index in [9.17, 15) is 14.4 Å². The largest absolute Gasteiger partial charge is 0.467 e. The van der Waals surface area contributed by atoms with Gasteiger partial charge < -0.3 is 20.0 Å². The first-order chi connectivity index (χ1) is 15.9. The van der Waals surface area contributed by atoms with Crippen molar-refractivity contribution in [1.82, 2.24) is 10.2 Å². The van der Waals surface area contributed by atoms with Crippen molar-refractivity contribution in [1.29, 1.82) is 0 Å². The highest BCUT2D eigenvalue weighted by Crippen LogP contribution is 2.39. The third-order valence-corrected chi connectivity index (χ3v) is 6.43. The van der Waals surface area contributed by atoms with Gasteiger partial charge in [-0.25, -0.2) is 0 Å². The van der Waals surface area contributed by atoms with Crippen molar-refractivity contribution in [3.63, 3.8) is 0 Å². The van der Waals surface area contributed by atoms with Gasteiger partial charge in [0, 0.05) is 11.6 Å². The first kappa shape index (κ1) is 22.7. The Balaban J connectivity index is 1.47. The van der Waals surface area contributed by atoms with E-state index in [0.717, 1.165) is 11.3 Å². The number of thioether (sulfide) groups is 1. The number of amides is 3. The molecule has 3 amide bonds. The Morgan fingerprint density at radius 1 is 1.06 bits per heavy atom. The molecule has 1 aliphatic heterocycles. The summed E-state index contributed by atoms with van der Waals surface area (Å²) in [4.78, 5) is 39.5. The van der Waals surface area contributed by atoms with E-state index in [1.54, 1.807) is 65.4 Å². The van der Waals surface area contributed by atoms with Crippen LogP contribution in [-0.4, -0.2) is 34.4 Å². The van der Waals surface area contributed by atoms with Gasteiger partial charge in [-0.05, 0) is 55.8 Å². The Hall–Kier alpha value is -3.52. The number of furan rings is 1. The Morgan fingerprint density at radius 3 is 2.52 bits per heavy atom. The highest BCUT2D eigenvalue weighted by molar-refractivity contribution is 8.00. The molecule has 1 saturated heterocycles. The number of carbonyl (C=O) groups excluding carboxylic acids is 3. The summed E-state index contributed by atoms with van der Waals surface area (Å²) in [5.41, 5.74) is 2.26. The minimum Gasteiger partial charge on any atom is -0.467 e. The molecule has 8 heteroatoms. The van der Waals surface area contributed by atoms with E-state index in [4.69, 9.17) is 4.42 Å². The van der Waals surface area contributed by atoms with Crippen LogP contribution in [0.25, 0.3) is 0 Å². The number of carbonyl (C=O) groups is 3. The van der Waals surface area contributed by atoms with E-state index in [1.165, 1.54) is 0 Å². The quantitative estimate of drug-likeness (QED) is 0.540. The Kier molecular flexibility index (Phi) is 6.84. The summed E-state index contributed by atoms with van der Waals surface area (Å²) in [6.45, 7) is 4.17. The van der Waals surface area contributed by atoms with Gasteiger partial charge in [-0.1, -0.05) is 24.3 Å². The fourth-order valence-electron chi connectivity index (χ4n) is 3.60. The van der Waals surface area contributed by atoms with Crippen molar-refractivity contribution >= 4 is 35.2 Å². The first-order valence-corrected chi connectivity index (χ1v) is 11.7. The molecule has 0 spiro atoms. The van der Waals surface area contributed by atoms with Crippen molar-refractivity contribution in [3.8, 4) is 0 Å². The molecular weight excluding hydrogens is 438 g/mol.